The summed E-state index contributed by atoms with van der Waals surface area (Å²) in [6.07, 6.45) is 3.80. The van der Waals surface area contributed by atoms with Gasteiger partial charge in [-0.25, -0.2) is 9.97 Å². The molecule has 0 radical (unpaired) electrons. The highest BCUT2D eigenvalue weighted by Gasteiger charge is 2.20. The van der Waals surface area contributed by atoms with Gasteiger partial charge in [-0.05, 0) is 49.7 Å². The van der Waals surface area contributed by atoms with Gasteiger partial charge < -0.3 is 20.7 Å². The summed E-state index contributed by atoms with van der Waals surface area (Å²) in [6.45, 7) is 1.73. The topological polar surface area (TPSA) is 88.2 Å². The van der Waals surface area contributed by atoms with Gasteiger partial charge in [-0.1, -0.05) is 18.2 Å². The van der Waals surface area contributed by atoms with E-state index in [0.717, 1.165) is 64.4 Å². The Kier molecular flexibility index (Phi) is 6.19. The number of carbonyl (C=O) groups excluding carboxylic acids is 1. The first-order valence-corrected chi connectivity index (χ1v) is 11.9. The van der Waals surface area contributed by atoms with Crippen LogP contribution >= 0.6 is 11.3 Å². The van der Waals surface area contributed by atoms with Crippen LogP contribution in [0.1, 0.15) is 12.8 Å². The Morgan fingerprint density at radius 1 is 1.12 bits per heavy atom. The number of amides is 1. The highest BCUT2D eigenvalue weighted by molar-refractivity contribution is 7.17. The fourth-order valence-electron chi connectivity index (χ4n) is 4.03. The van der Waals surface area contributed by atoms with E-state index in [1.54, 1.807) is 18.4 Å². The number of thiophene rings is 1. The van der Waals surface area contributed by atoms with Crippen LogP contribution in [-0.4, -0.2) is 36.1 Å². The van der Waals surface area contributed by atoms with Gasteiger partial charge in [0.05, 0.1) is 29.4 Å². The largest absolute Gasteiger partial charge is 0.496 e. The lowest BCUT2D eigenvalue weighted by Gasteiger charge is -2.21. The van der Waals surface area contributed by atoms with Crippen LogP contribution in [-0.2, 0) is 4.79 Å². The van der Waals surface area contributed by atoms with Gasteiger partial charge in [-0.15, -0.1) is 11.3 Å². The standard InChI is InChI=1S/C25H25N5O2S/c1-32-21-7-3-2-6-19(21)20-15-33-22-14-27-25(30-23(20)22)29-18-10-8-17(9-11-18)28-24(31)16-5-4-12-26-13-16/h2-3,6-11,14-16,26H,4-5,12-13H2,1H3,(H,28,31)(H,27,29,30)/t16-/m1/s1. The number of anilines is 3. The molecule has 2 aromatic heterocycles. The second-order valence-corrected chi connectivity index (χ2v) is 8.90. The zero-order valence-corrected chi connectivity index (χ0v) is 19.1. The molecule has 3 heterocycles. The molecule has 0 bridgehead atoms. The number of methoxy groups -OCH3 is 1. The van der Waals surface area contributed by atoms with Gasteiger partial charge in [0.25, 0.3) is 0 Å². The zero-order chi connectivity index (χ0) is 22.6. The van der Waals surface area contributed by atoms with E-state index in [-0.39, 0.29) is 11.8 Å². The smallest absolute Gasteiger partial charge is 0.228 e. The van der Waals surface area contributed by atoms with Crippen LogP contribution in [0.2, 0.25) is 0 Å². The number of hydrogen-bond donors (Lipinski definition) is 3. The van der Waals surface area contributed by atoms with Crippen LogP contribution in [0.5, 0.6) is 5.75 Å². The summed E-state index contributed by atoms with van der Waals surface area (Å²) in [7, 11) is 1.67. The molecule has 0 spiro atoms. The Balaban J connectivity index is 1.32. The normalized spacial score (nSPS) is 15.8. The van der Waals surface area contributed by atoms with Gasteiger partial charge in [-0.3, -0.25) is 4.79 Å². The Bertz CT molecular complexity index is 1270. The van der Waals surface area contributed by atoms with Crippen LogP contribution in [0.15, 0.2) is 60.1 Å². The third kappa shape index (κ3) is 4.67. The second-order valence-electron chi connectivity index (χ2n) is 7.99. The molecule has 0 unspecified atom stereocenters. The number of aromatic nitrogens is 2. The predicted molar refractivity (Wildman–Crippen MR) is 133 cm³/mol. The van der Waals surface area contributed by atoms with Gasteiger partial charge in [0.1, 0.15) is 5.75 Å². The molecule has 33 heavy (non-hydrogen) atoms. The molecular weight excluding hydrogens is 434 g/mol. The van der Waals surface area contributed by atoms with Crippen LogP contribution in [0.3, 0.4) is 0 Å². The Labute approximate surface area is 196 Å². The summed E-state index contributed by atoms with van der Waals surface area (Å²) in [5.74, 6) is 1.42. The van der Waals surface area contributed by atoms with Gasteiger partial charge in [0.2, 0.25) is 11.9 Å². The minimum Gasteiger partial charge on any atom is -0.496 e. The van der Waals surface area contributed by atoms with Crippen molar-refractivity contribution in [3.63, 3.8) is 0 Å². The van der Waals surface area contributed by atoms with Crippen LogP contribution in [0.25, 0.3) is 21.3 Å². The van der Waals surface area contributed by atoms with E-state index in [2.05, 4.69) is 26.3 Å². The lowest BCUT2D eigenvalue weighted by molar-refractivity contribution is -0.120. The van der Waals surface area contributed by atoms with E-state index in [1.165, 1.54) is 0 Å². The van der Waals surface area contributed by atoms with E-state index in [0.29, 0.717) is 5.95 Å². The Morgan fingerprint density at radius 2 is 1.94 bits per heavy atom. The molecule has 168 valence electrons. The summed E-state index contributed by atoms with van der Waals surface area (Å²) in [6, 6.07) is 15.5. The summed E-state index contributed by atoms with van der Waals surface area (Å²) < 4.78 is 6.54. The van der Waals surface area contributed by atoms with Crippen molar-refractivity contribution in [3.8, 4) is 16.9 Å². The SMILES string of the molecule is COc1ccccc1-c1csc2cnc(Nc3ccc(NC(=O)[C@@H]4CCCNC4)cc3)nc12. The fourth-order valence-corrected chi connectivity index (χ4v) is 4.90. The number of ether oxygens (including phenoxy) is 1. The summed E-state index contributed by atoms with van der Waals surface area (Å²) in [5.41, 5.74) is 4.54. The molecule has 1 aliphatic rings. The molecule has 5 rings (SSSR count). The molecule has 1 saturated heterocycles. The molecule has 1 atom stereocenters. The minimum atomic E-state index is 0.0275. The Hall–Kier alpha value is -3.49. The molecule has 0 saturated carbocycles. The monoisotopic (exact) mass is 459 g/mol. The molecule has 4 aromatic rings. The third-order valence-electron chi connectivity index (χ3n) is 5.79. The average molecular weight is 460 g/mol. The number of carbonyl (C=O) groups is 1. The molecule has 1 amide bonds. The number of piperidine rings is 1. The number of nitrogens with zero attached hydrogens (tertiary/aromatic N) is 2. The maximum atomic E-state index is 12.4. The van der Waals surface area contributed by atoms with Gasteiger partial charge in [0.15, 0.2) is 0 Å². The number of para-hydroxylation sites is 1. The first-order valence-electron chi connectivity index (χ1n) is 11.0. The van der Waals surface area contributed by atoms with Crippen molar-refractivity contribution in [2.24, 2.45) is 5.92 Å². The van der Waals surface area contributed by atoms with Crippen molar-refractivity contribution in [1.29, 1.82) is 0 Å². The van der Waals surface area contributed by atoms with Crippen molar-refractivity contribution >= 4 is 44.8 Å². The highest BCUT2D eigenvalue weighted by Crippen LogP contribution is 2.37. The maximum absolute atomic E-state index is 12.4. The number of hydrogen-bond acceptors (Lipinski definition) is 7. The van der Waals surface area contributed by atoms with Crippen LogP contribution in [0, 0.1) is 5.92 Å². The van der Waals surface area contributed by atoms with Crippen LogP contribution < -0.4 is 20.7 Å². The number of fused-ring (bicyclic) bond motifs is 1. The first kappa shape index (κ1) is 21.4. The zero-order valence-electron chi connectivity index (χ0n) is 18.3. The minimum absolute atomic E-state index is 0.0275. The van der Waals surface area contributed by atoms with Crippen molar-refractivity contribution < 1.29 is 9.53 Å². The fraction of sp³-hybridized carbons (Fsp3) is 0.240. The molecule has 3 N–H and O–H groups in total. The molecule has 1 fully saturated rings. The number of rotatable bonds is 6. The molecule has 1 aliphatic heterocycles. The van der Waals surface area contributed by atoms with E-state index in [9.17, 15) is 4.79 Å². The first-order chi connectivity index (χ1) is 16.2. The number of nitrogens with one attached hydrogen (secondary N) is 3. The quantitative estimate of drug-likeness (QED) is 0.374. The second kappa shape index (κ2) is 9.56. The lowest BCUT2D eigenvalue weighted by atomic mass is 9.99. The van der Waals surface area contributed by atoms with E-state index < -0.39 is 0 Å². The van der Waals surface area contributed by atoms with Crippen LogP contribution in [0.4, 0.5) is 17.3 Å². The van der Waals surface area contributed by atoms with E-state index >= 15 is 0 Å². The predicted octanol–water partition coefficient (Wildman–Crippen LogP) is 5.05. The van der Waals surface area contributed by atoms with Gasteiger partial charge in [-0.2, -0.15) is 0 Å². The van der Waals surface area contributed by atoms with Crippen molar-refractivity contribution in [2.45, 2.75) is 12.8 Å². The molecular formula is C25H25N5O2S. The van der Waals surface area contributed by atoms with Gasteiger partial charge in [0, 0.05) is 34.4 Å². The Morgan fingerprint density at radius 3 is 2.73 bits per heavy atom. The molecule has 0 aliphatic carbocycles. The van der Waals surface area contributed by atoms with Crippen molar-refractivity contribution in [2.75, 3.05) is 30.8 Å². The lowest BCUT2D eigenvalue weighted by Crippen LogP contribution is -2.37. The highest BCUT2D eigenvalue weighted by atomic mass is 32.1. The molecule has 7 nitrogen and oxygen atoms in total. The number of benzene rings is 2. The van der Waals surface area contributed by atoms with Crippen molar-refractivity contribution in [3.05, 3.63) is 60.1 Å². The van der Waals surface area contributed by atoms with Gasteiger partial charge >= 0.3 is 0 Å². The molecule has 8 heteroatoms. The summed E-state index contributed by atoms with van der Waals surface area (Å²) >= 11 is 1.61. The van der Waals surface area contributed by atoms with E-state index in [1.807, 2.05) is 54.7 Å². The average Bonchev–Trinajstić information content (AvgIpc) is 3.29. The maximum Gasteiger partial charge on any atom is 0.228 e. The molecule has 2 aromatic carbocycles. The van der Waals surface area contributed by atoms with E-state index in [4.69, 9.17) is 9.72 Å². The summed E-state index contributed by atoms with van der Waals surface area (Å²) in [4.78, 5) is 21.7. The third-order valence-corrected chi connectivity index (χ3v) is 6.69. The summed E-state index contributed by atoms with van der Waals surface area (Å²) in [5, 5.41) is 11.6. The van der Waals surface area contributed by atoms with Crippen molar-refractivity contribution in [1.82, 2.24) is 15.3 Å².